The minimum absolute atomic E-state index is 0.135. The number of aryl methyl sites for hydroxylation is 1. The van der Waals surface area contributed by atoms with Crippen LogP contribution in [-0.4, -0.2) is 23.4 Å². The predicted octanol–water partition coefficient (Wildman–Crippen LogP) is 0.295. The Morgan fingerprint density at radius 1 is 1.50 bits per heavy atom. The van der Waals surface area contributed by atoms with E-state index < -0.39 is 0 Å². The minimum atomic E-state index is -0.216. The van der Waals surface area contributed by atoms with Crippen molar-refractivity contribution in [2.24, 2.45) is 0 Å². The SMILES string of the molecule is COCCn1c(C)ccc(CO)c1=O. The summed E-state index contributed by atoms with van der Waals surface area (Å²) in [7, 11) is 1.59. The van der Waals surface area contributed by atoms with Gasteiger partial charge in [-0.2, -0.15) is 0 Å². The number of hydrogen-bond donors (Lipinski definition) is 1. The molecule has 1 aromatic rings. The van der Waals surface area contributed by atoms with Gasteiger partial charge < -0.3 is 14.4 Å². The van der Waals surface area contributed by atoms with Gasteiger partial charge in [-0.3, -0.25) is 4.79 Å². The third-order valence-electron chi connectivity index (χ3n) is 2.16. The zero-order valence-corrected chi connectivity index (χ0v) is 8.49. The molecule has 78 valence electrons. The summed E-state index contributed by atoms with van der Waals surface area (Å²) in [6.45, 7) is 2.66. The Morgan fingerprint density at radius 3 is 2.79 bits per heavy atom. The van der Waals surface area contributed by atoms with E-state index in [-0.39, 0.29) is 12.2 Å². The van der Waals surface area contributed by atoms with Gasteiger partial charge in [-0.05, 0) is 19.1 Å². The molecule has 0 saturated heterocycles. The molecule has 0 saturated carbocycles. The lowest BCUT2D eigenvalue weighted by Crippen LogP contribution is -2.27. The van der Waals surface area contributed by atoms with Crippen LogP contribution >= 0.6 is 0 Å². The molecule has 0 atom stereocenters. The van der Waals surface area contributed by atoms with Crippen molar-refractivity contribution in [3.05, 3.63) is 33.7 Å². The molecule has 0 unspecified atom stereocenters. The molecule has 1 heterocycles. The molecular weight excluding hydrogens is 182 g/mol. The number of pyridine rings is 1. The van der Waals surface area contributed by atoms with Crippen molar-refractivity contribution in [2.75, 3.05) is 13.7 Å². The first-order valence-corrected chi connectivity index (χ1v) is 4.49. The molecule has 0 bridgehead atoms. The average Bonchev–Trinajstić information content (AvgIpc) is 2.18. The van der Waals surface area contributed by atoms with Crippen molar-refractivity contribution in [1.82, 2.24) is 4.57 Å². The molecule has 0 spiro atoms. The number of aromatic nitrogens is 1. The van der Waals surface area contributed by atoms with E-state index in [9.17, 15) is 4.79 Å². The molecular formula is C10H15NO3. The maximum Gasteiger partial charge on any atom is 0.256 e. The lowest BCUT2D eigenvalue weighted by molar-refractivity contribution is 0.185. The van der Waals surface area contributed by atoms with E-state index in [0.29, 0.717) is 18.7 Å². The van der Waals surface area contributed by atoms with Gasteiger partial charge in [-0.25, -0.2) is 0 Å². The van der Waals surface area contributed by atoms with E-state index in [1.165, 1.54) is 0 Å². The predicted molar refractivity (Wildman–Crippen MR) is 53.2 cm³/mol. The van der Waals surface area contributed by atoms with E-state index in [1.54, 1.807) is 17.7 Å². The van der Waals surface area contributed by atoms with Gasteiger partial charge in [0.25, 0.3) is 5.56 Å². The number of nitrogens with zero attached hydrogens (tertiary/aromatic N) is 1. The van der Waals surface area contributed by atoms with Gasteiger partial charge in [0.2, 0.25) is 0 Å². The molecule has 0 radical (unpaired) electrons. The fourth-order valence-corrected chi connectivity index (χ4v) is 1.30. The zero-order valence-electron chi connectivity index (χ0n) is 8.49. The zero-order chi connectivity index (χ0) is 10.6. The minimum Gasteiger partial charge on any atom is -0.391 e. The summed E-state index contributed by atoms with van der Waals surface area (Å²) >= 11 is 0. The molecule has 1 N–H and O–H groups in total. The van der Waals surface area contributed by atoms with Crippen LogP contribution in [0.4, 0.5) is 0 Å². The number of aliphatic hydroxyl groups is 1. The van der Waals surface area contributed by atoms with Crippen molar-refractivity contribution in [2.45, 2.75) is 20.1 Å². The van der Waals surface area contributed by atoms with Crippen molar-refractivity contribution in [1.29, 1.82) is 0 Å². The van der Waals surface area contributed by atoms with Gasteiger partial charge in [0, 0.05) is 24.9 Å². The monoisotopic (exact) mass is 197 g/mol. The fraction of sp³-hybridized carbons (Fsp3) is 0.500. The van der Waals surface area contributed by atoms with Crippen LogP contribution in [0.5, 0.6) is 0 Å². The maximum absolute atomic E-state index is 11.7. The molecule has 0 aliphatic heterocycles. The summed E-state index contributed by atoms with van der Waals surface area (Å²) in [5.41, 5.74) is 1.17. The van der Waals surface area contributed by atoms with Gasteiger partial charge in [-0.15, -0.1) is 0 Å². The van der Waals surface area contributed by atoms with Gasteiger partial charge >= 0.3 is 0 Å². The molecule has 14 heavy (non-hydrogen) atoms. The Balaban J connectivity index is 3.06. The molecule has 4 heteroatoms. The standard InChI is InChI=1S/C10H15NO3/c1-8-3-4-9(7-12)10(13)11(8)5-6-14-2/h3-4,12H,5-7H2,1-2H3. The second-order valence-electron chi connectivity index (χ2n) is 3.11. The van der Waals surface area contributed by atoms with Crippen LogP contribution in [-0.2, 0) is 17.9 Å². The lowest BCUT2D eigenvalue weighted by atomic mass is 10.2. The first-order valence-electron chi connectivity index (χ1n) is 4.49. The van der Waals surface area contributed by atoms with Crippen LogP contribution in [0.1, 0.15) is 11.3 Å². The highest BCUT2D eigenvalue weighted by Gasteiger charge is 2.04. The Kier molecular flexibility index (Phi) is 3.85. The summed E-state index contributed by atoms with van der Waals surface area (Å²) in [5.74, 6) is 0. The van der Waals surface area contributed by atoms with Gasteiger partial charge in [0.15, 0.2) is 0 Å². The van der Waals surface area contributed by atoms with E-state index in [2.05, 4.69) is 0 Å². The largest absolute Gasteiger partial charge is 0.391 e. The highest BCUT2D eigenvalue weighted by molar-refractivity contribution is 5.14. The highest BCUT2D eigenvalue weighted by Crippen LogP contribution is 1.98. The topological polar surface area (TPSA) is 51.5 Å². The number of hydrogen-bond acceptors (Lipinski definition) is 3. The first kappa shape index (κ1) is 10.9. The van der Waals surface area contributed by atoms with E-state index in [0.717, 1.165) is 5.69 Å². The summed E-state index contributed by atoms with van der Waals surface area (Å²) in [6.07, 6.45) is 0. The second-order valence-corrected chi connectivity index (χ2v) is 3.11. The lowest BCUT2D eigenvalue weighted by Gasteiger charge is -2.10. The van der Waals surface area contributed by atoms with Crippen LogP contribution in [0.15, 0.2) is 16.9 Å². The summed E-state index contributed by atoms with van der Waals surface area (Å²) in [6, 6.07) is 3.48. The summed E-state index contributed by atoms with van der Waals surface area (Å²) in [4.78, 5) is 11.7. The smallest absolute Gasteiger partial charge is 0.256 e. The number of rotatable bonds is 4. The maximum atomic E-state index is 11.7. The molecule has 0 aliphatic carbocycles. The van der Waals surface area contributed by atoms with E-state index in [4.69, 9.17) is 9.84 Å². The Morgan fingerprint density at radius 2 is 2.21 bits per heavy atom. The molecule has 0 aromatic carbocycles. The Labute approximate surface area is 82.8 Å². The Bertz CT molecular complexity index is 357. The van der Waals surface area contributed by atoms with Crippen molar-refractivity contribution >= 4 is 0 Å². The second kappa shape index (κ2) is 4.93. The molecule has 0 aliphatic rings. The normalized spacial score (nSPS) is 10.5. The van der Waals surface area contributed by atoms with Crippen LogP contribution in [0.25, 0.3) is 0 Å². The number of aliphatic hydroxyl groups excluding tert-OH is 1. The van der Waals surface area contributed by atoms with Crippen LogP contribution in [0, 0.1) is 6.92 Å². The van der Waals surface area contributed by atoms with E-state index in [1.807, 2.05) is 13.0 Å². The number of methoxy groups -OCH3 is 1. The third kappa shape index (κ3) is 2.21. The van der Waals surface area contributed by atoms with Gasteiger partial charge in [0.1, 0.15) is 0 Å². The highest BCUT2D eigenvalue weighted by atomic mass is 16.5. The quantitative estimate of drug-likeness (QED) is 0.755. The average molecular weight is 197 g/mol. The van der Waals surface area contributed by atoms with Gasteiger partial charge in [-0.1, -0.05) is 0 Å². The van der Waals surface area contributed by atoms with Crippen LogP contribution in [0.3, 0.4) is 0 Å². The first-order chi connectivity index (χ1) is 6.70. The molecule has 4 nitrogen and oxygen atoms in total. The third-order valence-corrected chi connectivity index (χ3v) is 2.16. The van der Waals surface area contributed by atoms with Crippen LogP contribution in [0.2, 0.25) is 0 Å². The van der Waals surface area contributed by atoms with Crippen molar-refractivity contribution in [3.8, 4) is 0 Å². The Hall–Kier alpha value is -1.13. The van der Waals surface area contributed by atoms with Crippen molar-refractivity contribution in [3.63, 3.8) is 0 Å². The fourth-order valence-electron chi connectivity index (χ4n) is 1.30. The summed E-state index contributed by atoms with van der Waals surface area (Å²) < 4.78 is 6.51. The molecule has 0 amide bonds. The molecule has 1 aromatic heterocycles. The van der Waals surface area contributed by atoms with Gasteiger partial charge in [0.05, 0.1) is 13.2 Å². The summed E-state index contributed by atoms with van der Waals surface area (Å²) in [5, 5.41) is 8.91. The number of ether oxygens (including phenoxy) is 1. The van der Waals surface area contributed by atoms with Crippen LogP contribution < -0.4 is 5.56 Å². The molecule has 1 rings (SSSR count). The van der Waals surface area contributed by atoms with E-state index >= 15 is 0 Å². The van der Waals surface area contributed by atoms with Crippen molar-refractivity contribution < 1.29 is 9.84 Å². The molecule has 0 fully saturated rings.